The molecule has 0 aliphatic rings. The molecule has 0 aliphatic carbocycles. The molecule has 0 saturated carbocycles. The van der Waals surface area contributed by atoms with E-state index in [0.717, 1.165) is 0 Å². The van der Waals surface area contributed by atoms with Gasteiger partial charge in [-0.05, 0) is 18.2 Å². The Morgan fingerprint density at radius 1 is 1.47 bits per heavy atom. The minimum atomic E-state index is -1.06. The highest BCUT2D eigenvalue weighted by atomic mass is 35.5. The number of hydrogen-bond donors (Lipinski definition) is 2. The molecule has 0 aromatic carbocycles. The summed E-state index contributed by atoms with van der Waals surface area (Å²) in [5.41, 5.74) is 1.31. The van der Waals surface area contributed by atoms with Crippen molar-refractivity contribution in [1.29, 1.82) is 0 Å². The summed E-state index contributed by atoms with van der Waals surface area (Å²) in [5, 5.41) is 8.92. The average molecular weight is 223 g/mol. The number of carbonyl (C=O) groups is 1. The molecular formula is C10H7ClN2O2. The number of aromatic carboxylic acids is 1. The Morgan fingerprint density at radius 2 is 2.27 bits per heavy atom. The van der Waals surface area contributed by atoms with Crippen LogP contribution in [-0.2, 0) is 0 Å². The van der Waals surface area contributed by atoms with Gasteiger partial charge in [0.25, 0.3) is 0 Å². The molecule has 0 amide bonds. The number of rotatable bonds is 2. The lowest BCUT2D eigenvalue weighted by molar-refractivity contribution is 0.0697. The molecule has 0 spiro atoms. The molecule has 76 valence electrons. The van der Waals surface area contributed by atoms with Crippen LogP contribution in [0.15, 0.2) is 30.5 Å². The normalized spacial score (nSPS) is 10.2. The van der Waals surface area contributed by atoms with Gasteiger partial charge in [-0.2, -0.15) is 0 Å². The van der Waals surface area contributed by atoms with Crippen LogP contribution >= 0.6 is 11.6 Å². The number of H-pyrrole nitrogens is 1. The van der Waals surface area contributed by atoms with Gasteiger partial charge in [0.15, 0.2) is 0 Å². The van der Waals surface area contributed by atoms with Crippen LogP contribution in [-0.4, -0.2) is 21.0 Å². The van der Waals surface area contributed by atoms with Gasteiger partial charge in [-0.25, -0.2) is 4.79 Å². The van der Waals surface area contributed by atoms with E-state index in [1.165, 1.54) is 6.07 Å². The molecule has 4 nitrogen and oxygen atoms in total. The van der Waals surface area contributed by atoms with Gasteiger partial charge < -0.3 is 10.1 Å². The third kappa shape index (κ3) is 1.85. The lowest BCUT2D eigenvalue weighted by Gasteiger charge is -1.93. The fourth-order valence-corrected chi connectivity index (χ4v) is 1.48. The molecule has 15 heavy (non-hydrogen) atoms. The Morgan fingerprint density at radius 3 is 2.80 bits per heavy atom. The highest BCUT2D eigenvalue weighted by Gasteiger charge is 2.13. The van der Waals surface area contributed by atoms with E-state index in [1.807, 2.05) is 6.07 Å². The number of hydrogen-bond acceptors (Lipinski definition) is 2. The number of aromatic amines is 1. The Hall–Kier alpha value is -1.81. The first-order chi connectivity index (χ1) is 7.18. The summed E-state index contributed by atoms with van der Waals surface area (Å²) in [6.07, 6.45) is 1.63. The van der Waals surface area contributed by atoms with Crippen molar-refractivity contribution in [3.8, 4) is 11.4 Å². The van der Waals surface area contributed by atoms with Crippen molar-refractivity contribution < 1.29 is 9.90 Å². The number of nitrogens with zero attached hydrogens (tertiary/aromatic N) is 1. The molecular weight excluding hydrogens is 216 g/mol. The van der Waals surface area contributed by atoms with E-state index in [0.29, 0.717) is 11.4 Å². The van der Waals surface area contributed by atoms with Crippen LogP contribution in [0.3, 0.4) is 0 Å². The van der Waals surface area contributed by atoms with Gasteiger partial charge in [-0.15, -0.1) is 0 Å². The molecule has 0 unspecified atom stereocenters. The summed E-state index contributed by atoms with van der Waals surface area (Å²) in [6.45, 7) is 0. The smallest absolute Gasteiger partial charge is 0.338 e. The summed E-state index contributed by atoms with van der Waals surface area (Å²) in [4.78, 5) is 17.6. The van der Waals surface area contributed by atoms with Crippen LogP contribution in [0.25, 0.3) is 11.4 Å². The molecule has 2 aromatic heterocycles. The molecule has 2 aromatic rings. The maximum absolute atomic E-state index is 10.7. The largest absolute Gasteiger partial charge is 0.478 e. The third-order valence-corrected chi connectivity index (χ3v) is 2.24. The van der Waals surface area contributed by atoms with E-state index < -0.39 is 5.97 Å². The molecule has 0 radical (unpaired) electrons. The van der Waals surface area contributed by atoms with Gasteiger partial charge in [-0.3, -0.25) is 4.98 Å². The van der Waals surface area contributed by atoms with Crippen molar-refractivity contribution in [3.63, 3.8) is 0 Å². The van der Waals surface area contributed by atoms with Gasteiger partial charge in [0, 0.05) is 6.20 Å². The molecule has 0 saturated heterocycles. The SMILES string of the molecule is O=C(O)c1cc(-c2ccccn2)[nH]c1Cl. The van der Waals surface area contributed by atoms with E-state index in [2.05, 4.69) is 9.97 Å². The van der Waals surface area contributed by atoms with E-state index in [-0.39, 0.29) is 10.7 Å². The monoisotopic (exact) mass is 222 g/mol. The summed E-state index contributed by atoms with van der Waals surface area (Å²) in [7, 11) is 0. The molecule has 2 rings (SSSR count). The maximum Gasteiger partial charge on any atom is 0.338 e. The number of aromatic nitrogens is 2. The van der Waals surface area contributed by atoms with Crippen LogP contribution in [0, 0.1) is 0 Å². The zero-order chi connectivity index (χ0) is 10.8. The van der Waals surface area contributed by atoms with Crippen molar-refractivity contribution in [2.24, 2.45) is 0 Å². The predicted octanol–water partition coefficient (Wildman–Crippen LogP) is 2.43. The fourth-order valence-electron chi connectivity index (χ4n) is 1.25. The Balaban J connectivity index is 2.48. The molecule has 0 aliphatic heterocycles. The zero-order valence-electron chi connectivity index (χ0n) is 7.57. The summed E-state index contributed by atoms with van der Waals surface area (Å²) in [6, 6.07) is 6.84. The number of halogens is 1. The average Bonchev–Trinajstić information content (AvgIpc) is 2.62. The molecule has 5 heteroatoms. The molecule has 0 atom stereocenters. The first-order valence-corrected chi connectivity index (χ1v) is 4.59. The van der Waals surface area contributed by atoms with E-state index >= 15 is 0 Å². The second kappa shape index (κ2) is 3.74. The van der Waals surface area contributed by atoms with E-state index in [4.69, 9.17) is 16.7 Å². The van der Waals surface area contributed by atoms with Crippen LogP contribution in [0.5, 0.6) is 0 Å². The second-order valence-electron chi connectivity index (χ2n) is 2.93. The maximum atomic E-state index is 10.7. The quantitative estimate of drug-likeness (QED) is 0.820. The lowest BCUT2D eigenvalue weighted by atomic mass is 10.2. The molecule has 2 N–H and O–H groups in total. The van der Waals surface area contributed by atoms with Crippen LogP contribution < -0.4 is 0 Å². The van der Waals surface area contributed by atoms with Gasteiger partial charge in [-0.1, -0.05) is 17.7 Å². The first kappa shape index (κ1) is 9.73. The topological polar surface area (TPSA) is 66.0 Å². The van der Waals surface area contributed by atoms with Crippen molar-refractivity contribution in [2.45, 2.75) is 0 Å². The standard InChI is InChI=1S/C10H7ClN2O2/c11-9-6(10(14)15)5-8(13-9)7-3-1-2-4-12-7/h1-5,13H,(H,14,15). The second-order valence-corrected chi connectivity index (χ2v) is 3.31. The van der Waals surface area contributed by atoms with Gasteiger partial charge in [0.2, 0.25) is 0 Å². The first-order valence-electron chi connectivity index (χ1n) is 4.21. The van der Waals surface area contributed by atoms with E-state index in [9.17, 15) is 4.79 Å². The number of nitrogens with one attached hydrogen (secondary N) is 1. The fraction of sp³-hybridized carbons (Fsp3) is 0. The third-order valence-electron chi connectivity index (χ3n) is 1.94. The number of pyridine rings is 1. The molecule has 0 bridgehead atoms. The summed E-state index contributed by atoms with van der Waals surface area (Å²) >= 11 is 5.73. The Bertz CT molecular complexity index is 493. The van der Waals surface area contributed by atoms with Crippen molar-refractivity contribution in [1.82, 2.24) is 9.97 Å². The zero-order valence-corrected chi connectivity index (χ0v) is 8.32. The highest BCUT2D eigenvalue weighted by Crippen LogP contribution is 2.23. The van der Waals surface area contributed by atoms with E-state index in [1.54, 1.807) is 18.3 Å². The Kier molecular flexibility index (Phi) is 2.43. The highest BCUT2D eigenvalue weighted by molar-refractivity contribution is 6.32. The van der Waals surface area contributed by atoms with Gasteiger partial charge >= 0.3 is 5.97 Å². The van der Waals surface area contributed by atoms with Crippen LogP contribution in [0.4, 0.5) is 0 Å². The minimum absolute atomic E-state index is 0.0531. The van der Waals surface area contributed by atoms with Crippen molar-refractivity contribution in [2.75, 3.05) is 0 Å². The molecule has 0 fully saturated rings. The number of carboxylic acid groups (broad SMARTS) is 1. The predicted molar refractivity (Wildman–Crippen MR) is 56.0 cm³/mol. The van der Waals surface area contributed by atoms with Gasteiger partial charge in [0.1, 0.15) is 5.15 Å². The van der Waals surface area contributed by atoms with Crippen LogP contribution in [0.1, 0.15) is 10.4 Å². The summed E-state index contributed by atoms with van der Waals surface area (Å²) in [5.74, 6) is -1.06. The van der Waals surface area contributed by atoms with Crippen molar-refractivity contribution >= 4 is 17.6 Å². The van der Waals surface area contributed by atoms with Gasteiger partial charge in [0.05, 0.1) is 17.0 Å². The minimum Gasteiger partial charge on any atom is -0.478 e. The number of carboxylic acids is 1. The van der Waals surface area contributed by atoms with Crippen LogP contribution in [0.2, 0.25) is 5.15 Å². The molecule has 2 heterocycles. The Labute approximate surface area is 90.5 Å². The lowest BCUT2D eigenvalue weighted by Crippen LogP contribution is -1.93. The summed E-state index contributed by atoms with van der Waals surface area (Å²) < 4.78 is 0. The van der Waals surface area contributed by atoms with Crippen molar-refractivity contribution in [3.05, 3.63) is 41.2 Å².